The van der Waals surface area contributed by atoms with E-state index in [0.29, 0.717) is 17.6 Å². The number of ether oxygens (including phenoxy) is 1. The van der Waals surface area contributed by atoms with Crippen molar-refractivity contribution >= 4 is 33.4 Å². The molecule has 0 unspecified atom stereocenters. The first-order chi connectivity index (χ1) is 17.9. The van der Waals surface area contributed by atoms with Crippen LogP contribution in [0.25, 0.3) is 10.2 Å². The molecule has 2 aromatic rings. The summed E-state index contributed by atoms with van der Waals surface area (Å²) in [5, 5.41) is 0.321. The van der Waals surface area contributed by atoms with Crippen molar-refractivity contribution in [3.05, 3.63) is 28.5 Å². The molecule has 1 heterocycles. The number of unbranched alkanes of at least 4 members (excludes halogenated alkanes) is 11. The predicted octanol–water partition coefficient (Wildman–Crippen LogP) is 8.09. The van der Waals surface area contributed by atoms with Gasteiger partial charge in [0.05, 0.1) is 24.3 Å². The van der Waals surface area contributed by atoms with E-state index < -0.39 is 23.4 Å². The highest BCUT2D eigenvalue weighted by molar-refractivity contribution is 7.18. The van der Waals surface area contributed by atoms with Crippen molar-refractivity contribution in [1.82, 2.24) is 9.88 Å². The first-order valence-corrected chi connectivity index (χ1v) is 14.5. The van der Waals surface area contributed by atoms with Crippen molar-refractivity contribution < 1.29 is 27.5 Å². The molecule has 0 aliphatic heterocycles. The second-order valence-corrected chi connectivity index (χ2v) is 10.5. The number of nitrogens with zero attached hydrogens (tertiary/aromatic N) is 2. The summed E-state index contributed by atoms with van der Waals surface area (Å²) in [7, 11) is 0. The number of esters is 1. The lowest BCUT2D eigenvalue weighted by molar-refractivity contribution is -0.145. The molecule has 1 aromatic heterocycles. The van der Waals surface area contributed by atoms with Crippen LogP contribution in [0.4, 0.5) is 13.2 Å². The van der Waals surface area contributed by atoms with E-state index >= 15 is 0 Å². The Morgan fingerprint density at radius 3 is 2.05 bits per heavy atom. The van der Waals surface area contributed by atoms with Crippen LogP contribution in [0.2, 0.25) is 0 Å². The molecule has 0 bridgehead atoms. The van der Waals surface area contributed by atoms with Crippen LogP contribution in [0.15, 0.2) is 6.07 Å². The van der Waals surface area contributed by atoms with Gasteiger partial charge in [-0.1, -0.05) is 77.6 Å². The Morgan fingerprint density at radius 2 is 1.46 bits per heavy atom. The highest BCUT2D eigenvalue weighted by Gasteiger charge is 2.21. The third kappa shape index (κ3) is 11.0. The van der Waals surface area contributed by atoms with Crippen molar-refractivity contribution in [2.75, 3.05) is 13.2 Å². The summed E-state index contributed by atoms with van der Waals surface area (Å²) in [6.07, 6.45) is 14.3. The van der Waals surface area contributed by atoms with Crippen molar-refractivity contribution in [3.63, 3.8) is 0 Å². The van der Waals surface area contributed by atoms with Gasteiger partial charge in [-0.2, -0.15) is 0 Å². The number of aromatic nitrogens is 1. The largest absolute Gasteiger partial charge is 0.466 e. The van der Waals surface area contributed by atoms with Gasteiger partial charge in [0.1, 0.15) is 16.3 Å². The molecular weight excluding hydrogens is 501 g/mol. The van der Waals surface area contributed by atoms with Gasteiger partial charge in [0.2, 0.25) is 5.91 Å². The van der Waals surface area contributed by atoms with Crippen LogP contribution in [0.3, 0.4) is 0 Å². The number of benzene rings is 1. The molecule has 0 radical (unpaired) electrons. The highest BCUT2D eigenvalue weighted by Crippen LogP contribution is 2.29. The molecule has 0 spiro atoms. The Morgan fingerprint density at radius 1 is 0.865 bits per heavy atom. The summed E-state index contributed by atoms with van der Waals surface area (Å²) in [6.45, 7) is 4.68. The van der Waals surface area contributed by atoms with Crippen molar-refractivity contribution in [2.24, 2.45) is 0 Å². The number of amides is 1. The van der Waals surface area contributed by atoms with Gasteiger partial charge in [0.15, 0.2) is 11.6 Å². The van der Waals surface area contributed by atoms with Gasteiger partial charge in [-0.25, -0.2) is 18.2 Å². The maximum absolute atomic E-state index is 14.1. The molecule has 0 saturated carbocycles. The Bertz CT molecular complexity index is 983. The van der Waals surface area contributed by atoms with E-state index in [2.05, 4.69) is 11.9 Å². The fourth-order valence-corrected chi connectivity index (χ4v) is 5.28. The van der Waals surface area contributed by atoms with Gasteiger partial charge in [-0.15, -0.1) is 11.3 Å². The number of halogens is 3. The minimum absolute atomic E-state index is 0.0145. The maximum atomic E-state index is 14.1. The molecule has 0 saturated heterocycles. The molecule has 9 heteroatoms. The SMILES string of the molecule is CCCCCCCCCCCCCCN(Cc1nc2c(F)c(F)cc(F)c2s1)C(=O)CCC(=O)OCC. The van der Waals surface area contributed by atoms with E-state index in [9.17, 15) is 22.8 Å². The molecule has 1 aromatic carbocycles. The summed E-state index contributed by atoms with van der Waals surface area (Å²) in [6, 6.07) is 0.508. The molecule has 1 amide bonds. The number of rotatable bonds is 19. The summed E-state index contributed by atoms with van der Waals surface area (Å²) in [5.74, 6) is -4.05. The van der Waals surface area contributed by atoms with E-state index in [-0.39, 0.29) is 42.1 Å². The number of hydrogen-bond donors (Lipinski definition) is 0. The summed E-state index contributed by atoms with van der Waals surface area (Å²) in [5.41, 5.74) is -0.359. The van der Waals surface area contributed by atoms with Crippen LogP contribution in [-0.2, 0) is 20.9 Å². The molecule has 0 atom stereocenters. The fourth-order valence-electron chi connectivity index (χ4n) is 4.30. The lowest BCUT2D eigenvalue weighted by atomic mass is 10.1. The molecule has 2 rings (SSSR count). The average Bonchev–Trinajstić information content (AvgIpc) is 3.31. The van der Waals surface area contributed by atoms with Crippen LogP contribution in [0.5, 0.6) is 0 Å². The summed E-state index contributed by atoms with van der Waals surface area (Å²) >= 11 is 0.908. The van der Waals surface area contributed by atoms with Crippen LogP contribution in [-0.4, -0.2) is 34.9 Å². The zero-order valence-corrected chi connectivity index (χ0v) is 23.1. The quantitative estimate of drug-likeness (QED) is 0.102. The van der Waals surface area contributed by atoms with E-state index in [1.807, 2.05) is 0 Å². The first kappa shape index (κ1) is 31.1. The van der Waals surface area contributed by atoms with E-state index in [0.717, 1.165) is 37.0 Å². The molecule has 208 valence electrons. The van der Waals surface area contributed by atoms with Crippen LogP contribution < -0.4 is 0 Å². The number of carbonyl (C=O) groups excluding carboxylic acids is 2. The minimum Gasteiger partial charge on any atom is -0.466 e. The average molecular weight is 543 g/mol. The van der Waals surface area contributed by atoms with Crippen molar-refractivity contribution in [3.8, 4) is 0 Å². The Hall–Kier alpha value is -2.16. The minimum atomic E-state index is -1.29. The third-order valence-corrected chi connectivity index (χ3v) is 7.42. The Balaban J connectivity index is 1.86. The zero-order chi connectivity index (χ0) is 27.0. The number of carbonyl (C=O) groups is 2. The fraction of sp³-hybridized carbons (Fsp3) is 0.679. The molecule has 5 nitrogen and oxygen atoms in total. The summed E-state index contributed by atoms with van der Waals surface area (Å²) < 4.78 is 46.7. The molecule has 0 aliphatic rings. The van der Waals surface area contributed by atoms with Gasteiger partial charge in [-0.05, 0) is 13.3 Å². The molecule has 0 fully saturated rings. The molecule has 0 aliphatic carbocycles. The van der Waals surface area contributed by atoms with Gasteiger partial charge in [0.25, 0.3) is 0 Å². The highest BCUT2D eigenvalue weighted by atomic mass is 32.1. The van der Waals surface area contributed by atoms with Gasteiger partial charge in [-0.3, -0.25) is 9.59 Å². The van der Waals surface area contributed by atoms with E-state index in [4.69, 9.17) is 4.74 Å². The third-order valence-electron chi connectivity index (χ3n) is 6.37. The predicted molar refractivity (Wildman–Crippen MR) is 142 cm³/mol. The van der Waals surface area contributed by atoms with Gasteiger partial charge < -0.3 is 9.64 Å². The molecule has 0 N–H and O–H groups in total. The van der Waals surface area contributed by atoms with E-state index in [1.165, 1.54) is 51.4 Å². The first-order valence-electron chi connectivity index (χ1n) is 13.7. The van der Waals surface area contributed by atoms with Crippen LogP contribution in [0, 0.1) is 17.5 Å². The number of fused-ring (bicyclic) bond motifs is 1. The maximum Gasteiger partial charge on any atom is 0.306 e. The Kier molecular flexibility index (Phi) is 14.6. The van der Waals surface area contributed by atoms with Gasteiger partial charge in [0, 0.05) is 19.0 Å². The van der Waals surface area contributed by atoms with Crippen molar-refractivity contribution in [2.45, 2.75) is 110 Å². The molecular formula is C28H41F3N2O3S. The second kappa shape index (κ2) is 17.4. The Labute approximate surface area is 222 Å². The van der Waals surface area contributed by atoms with Crippen LogP contribution >= 0.6 is 11.3 Å². The monoisotopic (exact) mass is 542 g/mol. The normalized spacial score (nSPS) is 11.3. The standard InChI is InChI=1S/C28H41F3N2O3S/c1-3-5-6-7-8-9-10-11-12-13-14-15-18-33(24(34)16-17-25(35)36-4-2)20-23-32-27-26(31)21(29)19-22(30)28(27)37-23/h19H,3-18,20H2,1-2H3. The van der Waals surface area contributed by atoms with E-state index in [1.54, 1.807) is 11.8 Å². The van der Waals surface area contributed by atoms with Crippen LogP contribution in [0.1, 0.15) is 109 Å². The second-order valence-electron chi connectivity index (χ2n) is 9.45. The number of thiazole rings is 1. The van der Waals surface area contributed by atoms with Crippen molar-refractivity contribution in [1.29, 1.82) is 0 Å². The number of hydrogen-bond acceptors (Lipinski definition) is 5. The lowest BCUT2D eigenvalue weighted by Gasteiger charge is -2.21. The smallest absolute Gasteiger partial charge is 0.306 e. The zero-order valence-electron chi connectivity index (χ0n) is 22.3. The summed E-state index contributed by atoms with van der Waals surface area (Å²) in [4.78, 5) is 30.2. The van der Waals surface area contributed by atoms with Gasteiger partial charge >= 0.3 is 5.97 Å². The molecule has 37 heavy (non-hydrogen) atoms. The topological polar surface area (TPSA) is 59.5 Å². The lowest BCUT2D eigenvalue weighted by Crippen LogP contribution is -2.32.